The van der Waals surface area contributed by atoms with Gasteiger partial charge in [-0.3, -0.25) is 9.11 Å². The van der Waals surface area contributed by atoms with Crippen LogP contribution in [-0.2, 0) is 26.8 Å². The Hall–Kier alpha value is -3.00. The van der Waals surface area contributed by atoms with Crippen LogP contribution < -0.4 is 9.47 Å². The van der Waals surface area contributed by atoms with E-state index in [2.05, 4.69) is 64.1 Å². The summed E-state index contributed by atoms with van der Waals surface area (Å²) >= 11 is 3.41. The number of aromatic nitrogens is 1. The molecule has 0 fully saturated rings. The van der Waals surface area contributed by atoms with E-state index in [1.807, 2.05) is 24.3 Å². The quantitative estimate of drug-likeness (QED) is 0.163. The highest BCUT2D eigenvalue weighted by molar-refractivity contribution is 8.03. The second-order valence-electron chi connectivity index (χ2n) is 13.0. The van der Waals surface area contributed by atoms with Crippen LogP contribution in [0.2, 0.25) is 0 Å². The molecule has 8 nitrogen and oxygen atoms in total. The summed E-state index contributed by atoms with van der Waals surface area (Å²) in [5.41, 5.74) is 7.44. The van der Waals surface area contributed by atoms with Crippen LogP contribution in [0.4, 0.5) is 5.69 Å². The van der Waals surface area contributed by atoms with Crippen LogP contribution in [0.1, 0.15) is 50.0 Å². The normalized spacial score (nSPS) is 22.7. The summed E-state index contributed by atoms with van der Waals surface area (Å²) in [5.74, 6) is 0.577. The van der Waals surface area contributed by atoms with Crippen molar-refractivity contribution >= 4 is 65.3 Å². The molecule has 48 heavy (non-hydrogen) atoms. The van der Waals surface area contributed by atoms with Crippen molar-refractivity contribution in [2.45, 2.75) is 56.4 Å². The molecule has 2 unspecified atom stereocenters. The molecule has 4 aliphatic rings. The Kier molecular flexibility index (Phi) is 9.58. The fourth-order valence-corrected chi connectivity index (χ4v) is 10.6. The van der Waals surface area contributed by atoms with E-state index >= 15 is 0 Å². The lowest BCUT2D eigenvalue weighted by Crippen LogP contribution is -2.36. The average molecular weight is 724 g/mol. The minimum atomic E-state index is -4.01. The molecule has 7 rings (SSSR count). The predicted octanol–water partition coefficient (Wildman–Crippen LogP) is 7.58. The van der Waals surface area contributed by atoms with Crippen molar-refractivity contribution in [1.29, 1.82) is 0 Å². The second kappa shape index (κ2) is 13.7. The number of nitrogens with zero attached hydrogens (tertiary/aromatic N) is 2. The number of allylic oxidation sites excluding steroid dienone is 8. The number of thioether (sulfide) groups is 1. The Bertz CT molecular complexity index is 2120. The molecule has 3 aliphatic carbocycles. The zero-order chi connectivity index (χ0) is 33.5. The van der Waals surface area contributed by atoms with Crippen molar-refractivity contribution in [1.82, 2.24) is 0 Å². The summed E-state index contributed by atoms with van der Waals surface area (Å²) in [4.78, 5) is 3.32. The lowest BCUT2D eigenvalue weighted by molar-refractivity contribution is -0.668. The lowest BCUT2D eigenvalue weighted by atomic mass is 9.69. The minimum Gasteiger partial charge on any atom is -0.335 e. The van der Waals surface area contributed by atoms with Crippen LogP contribution in [0.25, 0.3) is 16.3 Å². The van der Waals surface area contributed by atoms with Crippen molar-refractivity contribution in [2.24, 2.45) is 11.8 Å². The number of aryl methyl sites for hydroxylation is 1. The predicted molar refractivity (Wildman–Crippen MR) is 194 cm³/mol. The lowest BCUT2D eigenvalue weighted by Gasteiger charge is -2.36. The van der Waals surface area contributed by atoms with Gasteiger partial charge in [0.15, 0.2) is 6.54 Å². The SMILES string of the molecule is O=S(=O)(O)CCCN1/C(=C/C2=CC3=CC4=C/C(=C/c5sc6ccccc6[n+]5CCCS(=O)(=O)O)CCC4CC3CC2)Sc2ccccc21. The van der Waals surface area contributed by atoms with Gasteiger partial charge in [-0.05, 0) is 96.9 Å². The smallest absolute Gasteiger partial charge is 0.265 e. The van der Waals surface area contributed by atoms with Gasteiger partial charge in [0.25, 0.3) is 25.2 Å². The van der Waals surface area contributed by atoms with E-state index in [1.165, 1.54) is 22.3 Å². The first-order chi connectivity index (χ1) is 23.0. The van der Waals surface area contributed by atoms with Gasteiger partial charge < -0.3 is 4.90 Å². The van der Waals surface area contributed by atoms with E-state index in [9.17, 15) is 25.9 Å². The molecule has 0 bridgehead atoms. The van der Waals surface area contributed by atoms with E-state index in [0.29, 0.717) is 37.8 Å². The molecular weight excluding hydrogens is 685 g/mol. The highest BCUT2D eigenvalue weighted by Gasteiger charge is 2.32. The van der Waals surface area contributed by atoms with Gasteiger partial charge in [-0.15, -0.1) is 0 Å². The molecule has 1 aliphatic heterocycles. The van der Waals surface area contributed by atoms with Crippen molar-refractivity contribution in [3.05, 3.63) is 105 Å². The Morgan fingerprint density at radius 2 is 1.54 bits per heavy atom. The van der Waals surface area contributed by atoms with E-state index in [-0.39, 0.29) is 11.5 Å². The summed E-state index contributed by atoms with van der Waals surface area (Å²) in [6.45, 7) is 1.02. The Balaban J connectivity index is 1.15. The minimum absolute atomic E-state index is 0.259. The summed E-state index contributed by atoms with van der Waals surface area (Å²) < 4.78 is 67.4. The van der Waals surface area contributed by atoms with E-state index in [0.717, 1.165) is 62.9 Å². The molecule has 2 atom stereocenters. The molecular formula is C36H39N2O6S4+. The molecule has 0 saturated carbocycles. The zero-order valence-electron chi connectivity index (χ0n) is 26.5. The van der Waals surface area contributed by atoms with Crippen molar-refractivity contribution < 1.29 is 30.5 Å². The first kappa shape index (κ1) is 33.5. The number of para-hydroxylation sites is 2. The number of rotatable bonds is 10. The van der Waals surface area contributed by atoms with Crippen LogP contribution in [-0.4, -0.2) is 44.0 Å². The van der Waals surface area contributed by atoms with Crippen LogP contribution in [0.15, 0.2) is 105 Å². The van der Waals surface area contributed by atoms with Gasteiger partial charge in [0.2, 0.25) is 5.52 Å². The summed E-state index contributed by atoms with van der Waals surface area (Å²) in [5, 5.41) is 2.17. The summed E-state index contributed by atoms with van der Waals surface area (Å²) in [6, 6.07) is 16.3. The fraction of sp³-hybridized carbons (Fsp3) is 0.361. The molecule has 3 aromatic rings. The molecule has 252 valence electrons. The molecule has 2 aromatic carbocycles. The third-order valence-electron chi connectivity index (χ3n) is 9.57. The molecule has 0 saturated heterocycles. The molecule has 2 N–H and O–H groups in total. The largest absolute Gasteiger partial charge is 0.335 e. The zero-order valence-corrected chi connectivity index (χ0v) is 29.8. The maximum Gasteiger partial charge on any atom is 0.265 e. The highest BCUT2D eigenvalue weighted by atomic mass is 32.2. The van der Waals surface area contributed by atoms with Gasteiger partial charge in [-0.1, -0.05) is 65.6 Å². The third-order valence-corrected chi connectivity index (χ3v) is 13.4. The van der Waals surface area contributed by atoms with Crippen molar-refractivity contribution in [3.8, 4) is 0 Å². The van der Waals surface area contributed by atoms with Gasteiger partial charge in [-0.2, -0.15) is 21.4 Å². The van der Waals surface area contributed by atoms with Crippen LogP contribution >= 0.6 is 23.1 Å². The number of benzene rings is 2. The Morgan fingerprint density at radius 1 is 0.833 bits per heavy atom. The molecule has 0 amide bonds. The number of anilines is 1. The van der Waals surface area contributed by atoms with Crippen LogP contribution in [0.5, 0.6) is 0 Å². The average Bonchev–Trinajstić information content (AvgIpc) is 3.56. The first-order valence-electron chi connectivity index (χ1n) is 16.4. The van der Waals surface area contributed by atoms with Gasteiger partial charge in [0.1, 0.15) is 4.70 Å². The number of fused-ring (bicyclic) bond motifs is 4. The van der Waals surface area contributed by atoms with Crippen molar-refractivity contribution in [3.63, 3.8) is 0 Å². The summed E-state index contributed by atoms with van der Waals surface area (Å²) in [7, 11) is -8.02. The van der Waals surface area contributed by atoms with Gasteiger partial charge in [0, 0.05) is 30.0 Å². The van der Waals surface area contributed by atoms with E-state index in [4.69, 9.17) is 0 Å². The third kappa shape index (κ3) is 7.74. The topological polar surface area (TPSA) is 116 Å². The standard InChI is InChI=1S/C36H38N2O6S4/c39-47(40,41)17-5-15-37-31-7-1-3-9-33(31)45-35(37)21-25-11-13-27-23-28-14-12-26(20-30(28)24-29(27)19-25)22-36-38(16-6-18-48(42,43)44)32-8-2-4-10-34(32)46-36/h1-4,7-10,19-22,24,27-28H,5-6,11-18,23H2,(H-,39,40,41,42,43,44)/p+1. The van der Waals surface area contributed by atoms with E-state index < -0.39 is 20.2 Å². The number of hydrogen-bond donors (Lipinski definition) is 2. The monoisotopic (exact) mass is 723 g/mol. The highest BCUT2D eigenvalue weighted by Crippen LogP contribution is 2.48. The van der Waals surface area contributed by atoms with Crippen LogP contribution in [0.3, 0.4) is 0 Å². The molecule has 1 aromatic heterocycles. The second-order valence-corrected chi connectivity index (χ2v) is 18.2. The number of thiazole rings is 1. The molecule has 2 heterocycles. The van der Waals surface area contributed by atoms with E-state index in [1.54, 1.807) is 23.1 Å². The fourth-order valence-electron chi connectivity index (χ4n) is 7.32. The summed E-state index contributed by atoms with van der Waals surface area (Å²) in [6.07, 6.45) is 17.7. The van der Waals surface area contributed by atoms with Gasteiger partial charge >= 0.3 is 0 Å². The first-order valence-corrected chi connectivity index (χ1v) is 21.3. The number of hydrogen-bond acceptors (Lipinski definition) is 7. The molecule has 12 heteroatoms. The maximum absolute atomic E-state index is 11.4. The van der Waals surface area contributed by atoms with Gasteiger partial charge in [0.05, 0.1) is 22.2 Å². The molecule has 0 radical (unpaired) electrons. The van der Waals surface area contributed by atoms with Crippen LogP contribution in [0, 0.1) is 11.8 Å². The Morgan fingerprint density at radius 3 is 2.35 bits per heavy atom. The van der Waals surface area contributed by atoms with Crippen molar-refractivity contribution in [2.75, 3.05) is 23.0 Å². The maximum atomic E-state index is 11.4. The molecule has 0 spiro atoms. The van der Waals surface area contributed by atoms with Gasteiger partial charge in [-0.25, -0.2) is 0 Å². The Labute approximate surface area is 290 Å².